The van der Waals surface area contributed by atoms with Gasteiger partial charge in [-0.25, -0.2) is 18.0 Å². The fraction of sp³-hybridized carbons (Fsp3) is 0.364. The summed E-state index contributed by atoms with van der Waals surface area (Å²) >= 11 is 0. The van der Waals surface area contributed by atoms with E-state index in [0.717, 1.165) is 17.7 Å². The van der Waals surface area contributed by atoms with Crippen molar-refractivity contribution in [2.24, 2.45) is 5.92 Å². The summed E-state index contributed by atoms with van der Waals surface area (Å²) in [5, 5.41) is 9.12. The molecular weight excluding hydrogens is 398 g/mol. The highest BCUT2D eigenvalue weighted by atomic mass is 32.2. The van der Waals surface area contributed by atoms with Gasteiger partial charge in [-0.15, -0.1) is 0 Å². The summed E-state index contributed by atoms with van der Waals surface area (Å²) < 4.78 is 14.2. The number of nitrogens with zero attached hydrogens (tertiary/aromatic N) is 3. The summed E-state index contributed by atoms with van der Waals surface area (Å²) in [5.74, 6) is 0.740. The zero-order chi connectivity index (χ0) is 21.3. The molecule has 0 spiro atoms. The van der Waals surface area contributed by atoms with Gasteiger partial charge in [0.05, 0.1) is 24.3 Å². The van der Waals surface area contributed by atoms with Gasteiger partial charge in [0.25, 0.3) is 0 Å². The van der Waals surface area contributed by atoms with E-state index in [4.69, 9.17) is 15.8 Å². The Bertz CT molecular complexity index is 1020. The normalized spacial score (nSPS) is 15.2. The number of anilines is 1. The van der Waals surface area contributed by atoms with Crippen LogP contribution in [-0.2, 0) is 15.8 Å². The standard InChI is InChI=1S/C14H14N4O2S.C8H13N/c1-20-17-12-9-16-14-11(13(12)15)7-8-18(14)21(19)10-5-3-2-4-6-10;9-7-6-8-4-2-1-3-5-8/h2-9,17H,1H3,(H2,15,16);8H,1-6H2/p+1. The number of aromatic nitrogens is 2. The lowest BCUT2D eigenvalue weighted by molar-refractivity contribution is -0.829. The highest BCUT2D eigenvalue weighted by Gasteiger charge is 2.16. The second-order valence-corrected chi connectivity index (χ2v) is 8.65. The van der Waals surface area contributed by atoms with Crippen molar-refractivity contribution in [2.75, 3.05) is 12.8 Å². The first-order valence-electron chi connectivity index (χ1n) is 10.1. The molecule has 1 aliphatic rings. The van der Waals surface area contributed by atoms with Crippen molar-refractivity contribution in [3.05, 3.63) is 48.8 Å². The first kappa shape index (κ1) is 22.0. The van der Waals surface area contributed by atoms with Gasteiger partial charge in [-0.2, -0.15) is 10.7 Å². The van der Waals surface area contributed by atoms with E-state index in [0.29, 0.717) is 21.9 Å². The minimum absolute atomic E-state index is 0.561. The molecule has 2 aromatic heterocycles. The summed E-state index contributed by atoms with van der Waals surface area (Å²) in [5.41, 5.74) is 9.48. The van der Waals surface area contributed by atoms with Gasteiger partial charge in [-0.1, -0.05) is 37.5 Å². The largest absolute Gasteiger partial charge is 0.393 e. The predicted molar refractivity (Wildman–Crippen MR) is 118 cm³/mol. The smallest absolute Gasteiger partial charge is 0.204 e. The zero-order valence-corrected chi connectivity index (χ0v) is 18.0. The molecule has 1 fully saturated rings. The molecular formula is C22H28N5O2S+. The Morgan fingerprint density at radius 1 is 1.27 bits per heavy atom. The van der Waals surface area contributed by atoms with Gasteiger partial charge in [0.1, 0.15) is 5.69 Å². The van der Waals surface area contributed by atoms with E-state index in [2.05, 4.69) is 11.1 Å². The van der Waals surface area contributed by atoms with Gasteiger partial charge < -0.3 is 5.73 Å². The number of nitrogens with two attached hydrogens (primary N) is 2. The summed E-state index contributed by atoms with van der Waals surface area (Å²) in [4.78, 5) is 10.0. The summed E-state index contributed by atoms with van der Waals surface area (Å²) in [6, 6.07) is 13.3. The fourth-order valence-electron chi connectivity index (χ4n) is 3.62. The Hall–Kier alpha value is -2.73. The number of nitriles is 1. The molecule has 0 amide bonds. The maximum atomic E-state index is 12.6. The number of rotatable bonds is 5. The van der Waals surface area contributed by atoms with Crippen molar-refractivity contribution in [2.45, 2.75) is 43.4 Å². The minimum atomic E-state index is -1.35. The summed E-state index contributed by atoms with van der Waals surface area (Å²) in [6.45, 7) is 0. The third-order valence-corrected chi connectivity index (χ3v) is 6.55. The van der Waals surface area contributed by atoms with E-state index in [1.54, 1.807) is 23.5 Å². The van der Waals surface area contributed by atoms with Crippen LogP contribution in [0.1, 0.15) is 38.5 Å². The lowest BCUT2D eigenvalue weighted by atomic mass is 9.87. The van der Waals surface area contributed by atoms with Crippen LogP contribution in [0.5, 0.6) is 0 Å². The molecule has 0 aliphatic heterocycles. The Labute approximate surface area is 179 Å². The monoisotopic (exact) mass is 426 g/mol. The van der Waals surface area contributed by atoms with Crippen LogP contribution in [0.2, 0.25) is 0 Å². The van der Waals surface area contributed by atoms with E-state index in [1.807, 2.05) is 36.4 Å². The Morgan fingerprint density at radius 3 is 2.67 bits per heavy atom. The van der Waals surface area contributed by atoms with Crippen LogP contribution in [-0.4, -0.2) is 20.3 Å². The number of hydrogen-bond acceptors (Lipinski definition) is 5. The summed E-state index contributed by atoms with van der Waals surface area (Å²) in [7, 11) is 0.203. The lowest BCUT2D eigenvalue weighted by Gasteiger charge is -2.17. The maximum Gasteiger partial charge on any atom is 0.204 e. The van der Waals surface area contributed by atoms with Crippen LogP contribution >= 0.6 is 0 Å². The van der Waals surface area contributed by atoms with E-state index in [1.165, 1.54) is 37.6 Å². The van der Waals surface area contributed by atoms with Crippen molar-refractivity contribution >= 4 is 33.4 Å². The highest BCUT2D eigenvalue weighted by molar-refractivity contribution is 7.83. The molecule has 2 heterocycles. The number of hydrogen-bond donors (Lipinski definition) is 2. The van der Waals surface area contributed by atoms with Crippen molar-refractivity contribution < 1.29 is 14.5 Å². The number of pyridine rings is 1. The van der Waals surface area contributed by atoms with Crippen molar-refractivity contribution in [1.29, 1.82) is 5.26 Å². The third-order valence-electron chi connectivity index (χ3n) is 5.23. The molecule has 0 saturated heterocycles. The Kier molecular flexibility index (Phi) is 7.97. The molecule has 1 aromatic carbocycles. The molecule has 158 valence electrons. The zero-order valence-electron chi connectivity index (χ0n) is 17.2. The number of quaternary nitrogens is 1. The molecule has 1 saturated carbocycles. The molecule has 4 rings (SSSR count). The number of nitrogen functional groups attached to an aromatic ring is 1. The van der Waals surface area contributed by atoms with Gasteiger partial charge in [0.15, 0.2) is 16.6 Å². The van der Waals surface area contributed by atoms with Crippen LogP contribution in [0.25, 0.3) is 11.0 Å². The predicted octanol–water partition coefficient (Wildman–Crippen LogP) is 3.43. The molecule has 4 N–H and O–H groups in total. The van der Waals surface area contributed by atoms with Gasteiger partial charge >= 0.3 is 0 Å². The quantitative estimate of drug-likeness (QED) is 0.607. The fourth-order valence-corrected chi connectivity index (χ4v) is 4.72. The van der Waals surface area contributed by atoms with E-state index < -0.39 is 11.0 Å². The Balaban J connectivity index is 0.000000239. The highest BCUT2D eigenvalue weighted by Crippen LogP contribution is 2.27. The molecule has 1 aliphatic carbocycles. The number of benzene rings is 1. The topological polar surface area (TPSA) is 111 Å². The second kappa shape index (κ2) is 10.9. The second-order valence-electron chi connectivity index (χ2n) is 7.29. The van der Waals surface area contributed by atoms with Crippen LogP contribution in [0.4, 0.5) is 11.4 Å². The number of fused-ring (bicyclic) bond motifs is 1. The third kappa shape index (κ3) is 5.25. The van der Waals surface area contributed by atoms with Crippen molar-refractivity contribution in [3.63, 3.8) is 0 Å². The van der Waals surface area contributed by atoms with Crippen LogP contribution < -0.4 is 11.2 Å². The van der Waals surface area contributed by atoms with E-state index in [-0.39, 0.29) is 0 Å². The first-order chi connectivity index (χ1) is 14.7. The van der Waals surface area contributed by atoms with Crippen molar-refractivity contribution in [3.8, 4) is 6.07 Å². The van der Waals surface area contributed by atoms with Gasteiger partial charge in [0.2, 0.25) is 5.69 Å². The van der Waals surface area contributed by atoms with E-state index >= 15 is 0 Å². The molecule has 3 aromatic rings. The SMILES string of the molecule is CO[NH2+]c1cnc2c(ccn2S(=O)c2ccccc2)c1N.N#CCC1CCCCC1. The van der Waals surface area contributed by atoms with Gasteiger partial charge in [-0.3, -0.25) is 0 Å². The molecule has 1 unspecified atom stereocenters. The van der Waals surface area contributed by atoms with Crippen LogP contribution in [0.15, 0.2) is 53.7 Å². The lowest BCUT2D eigenvalue weighted by Crippen LogP contribution is -2.76. The minimum Gasteiger partial charge on any atom is -0.393 e. The molecule has 7 nitrogen and oxygen atoms in total. The molecule has 0 bridgehead atoms. The summed E-state index contributed by atoms with van der Waals surface area (Å²) in [6.07, 6.45) is 10.8. The van der Waals surface area contributed by atoms with Gasteiger partial charge in [-0.05, 0) is 37.0 Å². The Morgan fingerprint density at radius 2 is 2.00 bits per heavy atom. The first-order valence-corrected chi connectivity index (χ1v) is 11.2. The van der Waals surface area contributed by atoms with Crippen LogP contribution in [0.3, 0.4) is 0 Å². The maximum absolute atomic E-state index is 12.6. The molecule has 8 heteroatoms. The van der Waals surface area contributed by atoms with E-state index in [9.17, 15) is 4.21 Å². The molecule has 1 atom stereocenters. The molecule has 0 radical (unpaired) electrons. The average Bonchev–Trinajstić information content (AvgIpc) is 3.22. The van der Waals surface area contributed by atoms with Crippen LogP contribution in [0, 0.1) is 17.2 Å². The molecule has 30 heavy (non-hydrogen) atoms. The van der Waals surface area contributed by atoms with Gasteiger partial charge in [0, 0.05) is 18.0 Å². The average molecular weight is 427 g/mol. The van der Waals surface area contributed by atoms with Crippen molar-refractivity contribution in [1.82, 2.24) is 8.96 Å².